The summed E-state index contributed by atoms with van der Waals surface area (Å²) in [6.07, 6.45) is 0. The molecule has 0 amide bonds. The molecule has 0 atom stereocenters. The molecule has 2 N–H and O–H groups in total. The first kappa shape index (κ1) is 11.4. The molecule has 1 aromatic heterocycles. The average Bonchev–Trinajstić information content (AvgIpc) is 2.54. The molecule has 16 heavy (non-hydrogen) atoms. The van der Waals surface area contributed by atoms with E-state index in [1.54, 1.807) is 0 Å². The molecule has 1 aromatic carbocycles. The lowest BCUT2D eigenvalue weighted by Gasteiger charge is -2.04. The summed E-state index contributed by atoms with van der Waals surface area (Å²) in [6, 6.07) is 8.11. The maximum Gasteiger partial charge on any atom is 0.140 e. The van der Waals surface area contributed by atoms with Crippen LogP contribution in [0.2, 0.25) is 0 Å². The van der Waals surface area contributed by atoms with E-state index in [4.69, 9.17) is 5.73 Å². The van der Waals surface area contributed by atoms with Crippen LogP contribution in [0.5, 0.6) is 0 Å². The number of nitrogens with zero attached hydrogens (tertiary/aromatic N) is 2. The zero-order valence-corrected chi connectivity index (χ0v) is 11.0. The van der Waals surface area contributed by atoms with Gasteiger partial charge < -0.3 is 10.3 Å². The van der Waals surface area contributed by atoms with Crippen molar-refractivity contribution in [3.05, 3.63) is 40.1 Å². The Kier molecular flexibility index (Phi) is 3.12. The van der Waals surface area contributed by atoms with E-state index in [2.05, 4.69) is 31.5 Å². The second-order valence-corrected chi connectivity index (χ2v) is 4.66. The molecule has 0 aliphatic rings. The topological polar surface area (TPSA) is 43.8 Å². The Bertz CT molecular complexity index is 517. The summed E-state index contributed by atoms with van der Waals surface area (Å²) in [5.41, 5.74) is 8.88. The average molecular weight is 280 g/mol. The Hall–Kier alpha value is -1.13. The third-order valence-electron chi connectivity index (χ3n) is 2.69. The van der Waals surface area contributed by atoms with Crippen LogP contribution in [0.4, 0.5) is 0 Å². The van der Waals surface area contributed by atoms with Crippen LogP contribution in [-0.4, -0.2) is 9.55 Å². The van der Waals surface area contributed by atoms with Gasteiger partial charge >= 0.3 is 0 Å². The van der Waals surface area contributed by atoms with Crippen molar-refractivity contribution in [2.75, 3.05) is 0 Å². The molecule has 0 fully saturated rings. The van der Waals surface area contributed by atoms with E-state index in [1.165, 1.54) is 0 Å². The molecule has 84 valence electrons. The molecule has 0 spiro atoms. The minimum atomic E-state index is 0.517. The lowest BCUT2D eigenvalue weighted by Crippen LogP contribution is -2.05. The lowest BCUT2D eigenvalue weighted by molar-refractivity contribution is 0.823. The minimum absolute atomic E-state index is 0.517. The maximum absolute atomic E-state index is 5.70. The number of halogens is 1. The lowest BCUT2D eigenvalue weighted by atomic mass is 10.2. The van der Waals surface area contributed by atoms with E-state index in [9.17, 15) is 0 Å². The molecule has 0 saturated heterocycles. The Labute approximate surface area is 103 Å². The summed E-state index contributed by atoms with van der Waals surface area (Å²) in [5.74, 6) is 0.958. The van der Waals surface area contributed by atoms with Crippen LogP contribution in [0.3, 0.4) is 0 Å². The second kappa shape index (κ2) is 4.39. The van der Waals surface area contributed by atoms with Gasteiger partial charge in [-0.3, -0.25) is 0 Å². The van der Waals surface area contributed by atoms with Crippen molar-refractivity contribution in [3.63, 3.8) is 0 Å². The van der Waals surface area contributed by atoms with Crippen LogP contribution in [0.25, 0.3) is 11.4 Å². The highest BCUT2D eigenvalue weighted by Gasteiger charge is 2.11. The number of nitrogens with two attached hydrogens (primary N) is 1. The summed E-state index contributed by atoms with van der Waals surface area (Å²) in [6.45, 7) is 2.51. The molecule has 2 aromatic rings. The van der Waals surface area contributed by atoms with Gasteiger partial charge in [-0.25, -0.2) is 4.98 Å². The largest absolute Gasteiger partial charge is 0.330 e. The van der Waals surface area contributed by atoms with Crippen molar-refractivity contribution in [3.8, 4) is 11.4 Å². The van der Waals surface area contributed by atoms with Crippen LogP contribution >= 0.6 is 15.9 Å². The standard InChI is InChI=1S/C12H14BrN3/c1-8-11(7-14)16(2)12(15-8)9-4-3-5-10(13)6-9/h3-6H,7,14H2,1-2H3. The first-order chi connectivity index (χ1) is 7.63. The molecule has 2 rings (SSSR count). The molecular weight excluding hydrogens is 266 g/mol. The zero-order valence-electron chi connectivity index (χ0n) is 9.37. The van der Waals surface area contributed by atoms with Gasteiger partial charge in [-0.15, -0.1) is 0 Å². The summed E-state index contributed by atoms with van der Waals surface area (Å²) < 4.78 is 3.11. The minimum Gasteiger partial charge on any atom is -0.330 e. The van der Waals surface area contributed by atoms with Crippen molar-refractivity contribution in [1.29, 1.82) is 0 Å². The normalized spacial score (nSPS) is 10.8. The van der Waals surface area contributed by atoms with Crippen molar-refractivity contribution >= 4 is 15.9 Å². The molecule has 0 aliphatic heterocycles. The summed E-state index contributed by atoms with van der Waals surface area (Å²) in [7, 11) is 2.00. The fourth-order valence-electron chi connectivity index (χ4n) is 1.84. The van der Waals surface area contributed by atoms with Gasteiger partial charge in [-0.05, 0) is 19.1 Å². The quantitative estimate of drug-likeness (QED) is 0.919. The third-order valence-corrected chi connectivity index (χ3v) is 3.18. The van der Waals surface area contributed by atoms with Gasteiger partial charge in [-0.2, -0.15) is 0 Å². The third kappa shape index (κ3) is 1.90. The second-order valence-electron chi connectivity index (χ2n) is 3.74. The molecule has 0 radical (unpaired) electrons. The highest BCUT2D eigenvalue weighted by atomic mass is 79.9. The van der Waals surface area contributed by atoms with Crippen molar-refractivity contribution in [2.24, 2.45) is 12.8 Å². The number of benzene rings is 1. The molecule has 3 nitrogen and oxygen atoms in total. The fraction of sp³-hybridized carbons (Fsp3) is 0.250. The number of aromatic nitrogens is 2. The Morgan fingerprint density at radius 2 is 2.19 bits per heavy atom. The molecule has 1 heterocycles. The molecule has 0 aliphatic carbocycles. The van der Waals surface area contributed by atoms with E-state index >= 15 is 0 Å². The number of aryl methyl sites for hydroxylation is 1. The van der Waals surface area contributed by atoms with Crippen LogP contribution < -0.4 is 5.73 Å². The first-order valence-corrected chi connectivity index (χ1v) is 5.91. The molecular formula is C12H14BrN3. The SMILES string of the molecule is Cc1nc(-c2cccc(Br)c2)n(C)c1CN. The highest BCUT2D eigenvalue weighted by Crippen LogP contribution is 2.23. The van der Waals surface area contributed by atoms with E-state index in [1.807, 2.05) is 32.2 Å². The van der Waals surface area contributed by atoms with Gasteiger partial charge in [0.2, 0.25) is 0 Å². The highest BCUT2D eigenvalue weighted by molar-refractivity contribution is 9.10. The van der Waals surface area contributed by atoms with Gasteiger partial charge in [-0.1, -0.05) is 28.1 Å². The van der Waals surface area contributed by atoms with Gasteiger partial charge in [0, 0.05) is 23.6 Å². The molecule has 0 bridgehead atoms. The van der Waals surface area contributed by atoms with E-state index in [0.29, 0.717) is 6.54 Å². The number of hydrogen-bond donors (Lipinski definition) is 1. The van der Waals surface area contributed by atoms with Crippen LogP contribution in [0.1, 0.15) is 11.4 Å². The Balaban J connectivity index is 2.56. The molecule has 0 unspecified atom stereocenters. The Morgan fingerprint density at radius 3 is 2.75 bits per heavy atom. The smallest absolute Gasteiger partial charge is 0.140 e. The maximum atomic E-state index is 5.70. The summed E-state index contributed by atoms with van der Waals surface area (Å²) in [5, 5.41) is 0. The van der Waals surface area contributed by atoms with Crippen LogP contribution in [0, 0.1) is 6.92 Å². The first-order valence-electron chi connectivity index (χ1n) is 5.11. The van der Waals surface area contributed by atoms with Crippen LogP contribution in [-0.2, 0) is 13.6 Å². The van der Waals surface area contributed by atoms with Crippen molar-refractivity contribution in [1.82, 2.24) is 9.55 Å². The van der Waals surface area contributed by atoms with Gasteiger partial charge in [0.15, 0.2) is 0 Å². The predicted molar refractivity (Wildman–Crippen MR) is 69.0 cm³/mol. The fourth-order valence-corrected chi connectivity index (χ4v) is 2.24. The molecule has 0 saturated carbocycles. The zero-order chi connectivity index (χ0) is 11.7. The Morgan fingerprint density at radius 1 is 1.44 bits per heavy atom. The monoisotopic (exact) mass is 279 g/mol. The van der Waals surface area contributed by atoms with E-state index in [-0.39, 0.29) is 0 Å². The number of hydrogen-bond acceptors (Lipinski definition) is 2. The van der Waals surface area contributed by atoms with Crippen molar-refractivity contribution in [2.45, 2.75) is 13.5 Å². The predicted octanol–water partition coefficient (Wildman–Crippen LogP) is 2.62. The van der Waals surface area contributed by atoms with Gasteiger partial charge in [0.1, 0.15) is 5.82 Å². The number of imidazole rings is 1. The van der Waals surface area contributed by atoms with E-state index in [0.717, 1.165) is 27.2 Å². The van der Waals surface area contributed by atoms with Gasteiger partial charge in [0.25, 0.3) is 0 Å². The summed E-state index contributed by atoms with van der Waals surface area (Å²) >= 11 is 3.46. The molecule has 4 heteroatoms. The van der Waals surface area contributed by atoms with Crippen molar-refractivity contribution < 1.29 is 0 Å². The number of rotatable bonds is 2. The van der Waals surface area contributed by atoms with Gasteiger partial charge in [0.05, 0.1) is 11.4 Å². The van der Waals surface area contributed by atoms with Crippen LogP contribution in [0.15, 0.2) is 28.7 Å². The van der Waals surface area contributed by atoms with E-state index < -0.39 is 0 Å². The summed E-state index contributed by atoms with van der Waals surface area (Å²) in [4.78, 5) is 4.55.